The second kappa shape index (κ2) is 11.0. The normalized spacial score (nSPS) is 23.9. The monoisotopic (exact) mass is 612 g/mol. The van der Waals surface area contributed by atoms with Crippen molar-refractivity contribution in [3.8, 4) is 0 Å². The van der Waals surface area contributed by atoms with Gasteiger partial charge >= 0.3 is 11.9 Å². The zero-order chi connectivity index (χ0) is 29.8. The molecule has 4 atom stereocenters. The van der Waals surface area contributed by atoms with Crippen LogP contribution in [0.4, 0.5) is 23.4 Å². The number of alkyl halides is 3. The van der Waals surface area contributed by atoms with Gasteiger partial charge in [0.15, 0.2) is 0 Å². The number of piperazine rings is 1. The molecule has 0 bridgehead atoms. The van der Waals surface area contributed by atoms with Crippen molar-refractivity contribution < 1.29 is 27.1 Å². The van der Waals surface area contributed by atoms with Crippen LogP contribution in [0, 0.1) is 5.82 Å². The number of ether oxygens (including phenoxy) is 1. The molecule has 1 unspecified atom stereocenters. The molecule has 3 heterocycles. The molecule has 0 radical (unpaired) electrons. The Morgan fingerprint density at radius 2 is 1.90 bits per heavy atom. The highest BCUT2D eigenvalue weighted by Crippen LogP contribution is 2.52. The van der Waals surface area contributed by atoms with Gasteiger partial charge in [0.1, 0.15) is 11.6 Å². The van der Waals surface area contributed by atoms with Crippen molar-refractivity contribution in [3.05, 3.63) is 69.9 Å². The van der Waals surface area contributed by atoms with E-state index in [0.717, 1.165) is 12.1 Å². The van der Waals surface area contributed by atoms with Gasteiger partial charge < -0.3 is 14.5 Å². The fourth-order valence-electron chi connectivity index (χ4n) is 5.59. The van der Waals surface area contributed by atoms with E-state index in [1.807, 2.05) is 13.8 Å². The van der Waals surface area contributed by atoms with Crippen LogP contribution in [0.3, 0.4) is 0 Å². The smallest absolute Gasteiger partial charge is 0.379 e. The number of hydrogen-bond acceptors (Lipinski definition) is 5. The summed E-state index contributed by atoms with van der Waals surface area (Å²) in [5, 5.41) is 0.0310. The molecule has 3 aromatic rings. The van der Waals surface area contributed by atoms with Crippen molar-refractivity contribution in [1.82, 2.24) is 14.5 Å². The van der Waals surface area contributed by atoms with Gasteiger partial charge in [0.25, 0.3) is 0 Å². The number of methoxy groups -OCH3 is 1. The summed E-state index contributed by atoms with van der Waals surface area (Å²) in [4.78, 5) is 34.6. The van der Waals surface area contributed by atoms with Gasteiger partial charge in [-0.15, -0.1) is 0 Å². The Kier molecular flexibility index (Phi) is 7.86. The first-order valence-corrected chi connectivity index (χ1v) is 14.8. The van der Waals surface area contributed by atoms with Gasteiger partial charge in [-0.2, -0.15) is 29.1 Å². The molecule has 2 aromatic carbocycles. The summed E-state index contributed by atoms with van der Waals surface area (Å²) in [6.07, 6.45) is -3.99. The van der Waals surface area contributed by atoms with Gasteiger partial charge in [0, 0.05) is 48.3 Å². The lowest BCUT2D eigenvalue weighted by atomic mass is 10.1. The van der Waals surface area contributed by atoms with E-state index in [0.29, 0.717) is 15.3 Å². The molecule has 220 valence electrons. The van der Waals surface area contributed by atoms with Crippen LogP contribution >= 0.6 is 22.5 Å². The van der Waals surface area contributed by atoms with E-state index in [2.05, 4.69) is 11.6 Å². The lowest BCUT2D eigenvalue weighted by Crippen LogP contribution is -2.58. The minimum atomic E-state index is -4.69. The highest BCUT2D eigenvalue weighted by molar-refractivity contribution is 8.17. The number of thiol groups is 1. The van der Waals surface area contributed by atoms with E-state index in [9.17, 15) is 27.2 Å². The van der Waals surface area contributed by atoms with Crippen LogP contribution in [0.15, 0.2) is 57.6 Å². The second-order valence-electron chi connectivity index (χ2n) is 10.3. The molecule has 1 aromatic heterocycles. The quantitative estimate of drug-likeness (QED) is 0.247. The number of amides is 1. The van der Waals surface area contributed by atoms with Gasteiger partial charge in [0.05, 0.1) is 28.8 Å². The van der Waals surface area contributed by atoms with Crippen molar-refractivity contribution >= 4 is 45.1 Å². The van der Waals surface area contributed by atoms with Crippen molar-refractivity contribution in [3.63, 3.8) is 0 Å². The van der Waals surface area contributed by atoms with Crippen LogP contribution in [0.25, 0.3) is 10.9 Å². The number of anilines is 1. The topological polar surface area (TPSA) is 67.7 Å². The third kappa shape index (κ3) is 5.32. The Balaban J connectivity index is 1.80. The standard InChI is InChI=1S/C28H29ClF4N4O3S/c1-5-24(38)35-11-16(3)36(12-15(35)2)26-20-8-17(28(31,32)33)9-23-25(20)37(27(39)34-26)13-18(40-4)14-41(23)19-6-7-22(30)21(29)10-19/h5-10,15-16,18,41H,1,11-14H2,2-4H3/t15-,16+,18+/m1/s1. The zero-order valence-electron chi connectivity index (χ0n) is 22.6. The van der Waals surface area contributed by atoms with Gasteiger partial charge in [-0.3, -0.25) is 9.36 Å². The molecule has 41 heavy (non-hydrogen) atoms. The van der Waals surface area contributed by atoms with Crippen LogP contribution in [0.1, 0.15) is 19.4 Å². The first kappa shape index (κ1) is 29.4. The number of carbonyl (C=O) groups is 1. The van der Waals surface area contributed by atoms with E-state index in [4.69, 9.17) is 16.3 Å². The molecule has 7 nitrogen and oxygen atoms in total. The van der Waals surface area contributed by atoms with E-state index < -0.39 is 40.2 Å². The van der Waals surface area contributed by atoms with Gasteiger partial charge in [-0.25, -0.2) is 9.18 Å². The number of aromatic nitrogens is 2. The Labute approximate surface area is 241 Å². The number of nitrogens with zero attached hydrogens (tertiary/aromatic N) is 4. The number of benzene rings is 2. The largest absolute Gasteiger partial charge is 0.416 e. The Morgan fingerprint density at radius 1 is 1.17 bits per heavy atom. The maximum Gasteiger partial charge on any atom is 0.416 e. The molecule has 13 heteroatoms. The Hall–Kier alpha value is -3.09. The Bertz CT molecular complexity index is 1600. The summed E-state index contributed by atoms with van der Waals surface area (Å²) >= 11 is 6.10. The number of carbonyl (C=O) groups excluding carboxylic acids is 1. The first-order chi connectivity index (χ1) is 19.3. The predicted octanol–water partition coefficient (Wildman–Crippen LogP) is 5.27. The maximum atomic E-state index is 14.4. The van der Waals surface area contributed by atoms with Crippen LogP contribution < -0.4 is 10.6 Å². The lowest BCUT2D eigenvalue weighted by Gasteiger charge is -2.44. The van der Waals surface area contributed by atoms with Crippen LogP contribution in [-0.2, 0) is 22.3 Å². The molecule has 1 saturated heterocycles. The molecule has 2 aliphatic rings. The van der Waals surface area contributed by atoms with Crippen LogP contribution in [0.5, 0.6) is 0 Å². The Morgan fingerprint density at radius 3 is 2.54 bits per heavy atom. The molecule has 5 rings (SSSR count). The fraction of sp³-hybridized carbons (Fsp3) is 0.393. The summed E-state index contributed by atoms with van der Waals surface area (Å²) in [5.74, 6) is -0.477. The maximum absolute atomic E-state index is 14.4. The second-order valence-corrected chi connectivity index (χ2v) is 13.0. The van der Waals surface area contributed by atoms with Gasteiger partial charge in [-0.1, -0.05) is 18.2 Å². The van der Waals surface area contributed by atoms with Gasteiger partial charge in [-0.05, 0) is 55.2 Å². The lowest BCUT2D eigenvalue weighted by molar-refractivity contribution is -0.137. The highest BCUT2D eigenvalue weighted by atomic mass is 35.5. The van der Waals surface area contributed by atoms with Crippen molar-refractivity contribution in [1.29, 1.82) is 0 Å². The molecule has 2 aliphatic heterocycles. The summed E-state index contributed by atoms with van der Waals surface area (Å²) in [5.41, 5.74) is -1.16. The average molecular weight is 613 g/mol. The molecular weight excluding hydrogens is 584 g/mol. The van der Waals surface area contributed by atoms with Gasteiger partial charge in [0.2, 0.25) is 5.91 Å². The summed E-state index contributed by atoms with van der Waals surface area (Å²) in [6, 6.07) is 5.58. The van der Waals surface area contributed by atoms with E-state index in [1.165, 1.54) is 36.0 Å². The van der Waals surface area contributed by atoms with E-state index >= 15 is 0 Å². The fourth-order valence-corrected chi connectivity index (χ4v) is 8.54. The predicted molar refractivity (Wildman–Crippen MR) is 152 cm³/mol. The molecule has 0 saturated carbocycles. The SMILES string of the molecule is C=CC(=O)N1C[C@H](C)N(c2nc(=O)n3c4c(cc(C(F)(F)F)cc24)[SH](c2ccc(F)c(Cl)c2)C[C@@H](OC)C3)C[C@H]1C. The minimum Gasteiger partial charge on any atom is -0.379 e. The first-order valence-electron chi connectivity index (χ1n) is 12.9. The average Bonchev–Trinajstić information content (AvgIpc) is 3.10. The van der Waals surface area contributed by atoms with Crippen molar-refractivity contribution in [2.24, 2.45) is 0 Å². The third-order valence-corrected chi connectivity index (χ3v) is 10.6. The highest BCUT2D eigenvalue weighted by Gasteiger charge is 2.38. The molecule has 1 fully saturated rings. The van der Waals surface area contributed by atoms with Crippen molar-refractivity contribution in [2.45, 2.75) is 54.5 Å². The van der Waals surface area contributed by atoms with E-state index in [1.54, 1.807) is 9.80 Å². The number of hydrogen-bond donors (Lipinski definition) is 1. The molecule has 0 N–H and O–H groups in total. The van der Waals surface area contributed by atoms with Crippen molar-refractivity contribution in [2.75, 3.05) is 30.9 Å². The molecule has 0 spiro atoms. The summed E-state index contributed by atoms with van der Waals surface area (Å²) in [7, 11) is -0.0858. The van der Waals surface area contributed by atoms with Crippen LogP contribution in [-0.4, -0.2) is 64.5 Å². The molecule has 1 amide bonds. The summed E-state index contributed by atoms with van der Waals surface area (Å²) in [6.45, 7) is 7.81. The zero-order valence-corrected chi connectivity index (χ0v) is 24.2. The third-order valence-electron chi connectivity index (χ3n) is 7.69. The van der Waals surface area contributed by atoms with Crippen LogP contribution in [0.2, 0.25) is 5.02 Å². The minimum absolute atomic E-state index is 0.0822. The van der Waals surface area contributed by atoms with E-state index in [-0.39, 0.29) is 59.6 Å². The number of halogens is 5. The number of rotatable bonds is 4. The summed E-state index contributed by atoms with van der Waals surface area (Å²) < 4.78 is 64.2. The molecular formula is C28H29ClF4N4O3S. The molecule has 0 aliphatic carbocycles.